The van der Waals surface area contributed by atoms with Crippen molar-refractivity contribution in [2.24, 2.45) is 11.8 Å². The lowest BCUT2D eigenvalue weighted by molar-refractivity contribution is -0.130. The number of fused-ring (bicyclic) bond motifs is 1. The molecule has 0 spiro atoms. The summed E-state index contributed by atoms with van der Waals surface area (Å²) in [5.41, 5.74) is 0.799. The van der Waals surface area contributed by atoms with Crippen molar-refractivity contribution < 1.29 is 14.3 Å². The molecule has 1 saturated carbocycles. The van der Waals surface area contributed by atoms with Gasteiger partial charge >= 0.3 is 5.97 Å². The number of hydrogen-bond donors (Lipinski definition) is 1. The van der Waals surface area contributed by atoms with E-state index in [4.69, 9.17) is 4.74 Å². The number of esters is 1. The van der Waals surface area contributed by atoms with Crippen LogP contribution in [-0.2, 0) is 9.53 Å². The Morgan fingerprint density at radius 1 is 1.35 bits per heavy atom. The second-order valence-corrected chi connectivity index (χ2v) is 7.16. The Bertz CT molecular complexity index is 818. The van der Waals surface area contributed by atoms with Crippen molar-refractivity contribution in [1.82, 2.24) is 24.9 Å². The lowest BCUT2D eigenvalue weighted by Gasteiger charge is -2.35. The molecule has 8 heteroatoms. The Morgan fingerprint density at radius 2 is 2.12 bits per heavy atom. The largest absolute Gasteiger partial charge is 0.447 e. The van der Waals surface area contributed by atoms with E-state index in [0.29, 0.717) is 17.6 Å². The third kappa shape index (κ3) is 3.68. The summed E-state index contributed by atoms with van der Waals surface area (Å²) < 4.78 is 6.72. The van der Waals surface area contributed by atoms with Gasteiger partial charge in [-0.25, -0.2) is 14.3 Å². The van der Waals surface area contributed by atoms with E-state index >= 15 is 0 Å². The summed E-state index contributed by atoms with van der Waals surface area (Å²) in [4.78, 5) is 32.8. The van der Waals surface area contributed by atoms with Crippen LogP contribution in [0.1, 0.15) is 56.3 Å². The van der Waals surface area contributed by atoms with Crippen LogP contribution >= 0.6 is 0 Å². The molecule has 0 saturated heterocycles. The first-order valence-electron chi connectivity index (χ1n) is 9.06. The lowest BCUT2D eigenvalue weighted by Crippen LogP contribution is -2.47. The summed E-state index contributed by atoms with van der Waals surface area (Å²) in [5, 5.41) is 7.12. The Balaban J connectivity index is 1.62. The number of rotatable bonds is 4. The van der Waals surface area contributed by atoms with E-state index in [1.807, 2.05) is 6.92 Å². The van der Waals surface area contributed by atoms with Crippen molar-refractivity contribution in [1.29, 1.82) is 0 Å². The van der Waals surface area contributed by atoms with Crippen molar-refractivity contribution >= 4 is 17.7 Å². The summed E-state index contributed by atoms with van der Waals surface area (Å²) in [5.74, 6) is 0.171. The molecule has 0 aromatic carbocycles. The smallest absolute Gasteiger partial charge is 0.379 e. The molecule has 0 aliphatic heterocycles. The first-order chi connectivity index (χ1) is 12.4. The maximum absolute atomic E-state index is 12.4. The summed E-state index contributed by atoms with van der Waals surface area (Å²) in [7, 11) is 0. The molecule has 0 unspecified atom stereocenters. The van der Waals surface area contributed by atoms with Gasteiger partial charge in [0.1, 0.15) is 0 Å². The lowest BCUT2D eigenvalue weighted by atomic mass is 9.78. The standard InChI is InChI=1S/C18H25N5O3/c1-10-6-5-7-14(12(10)3)20-16(24)13(4)26-17(25)15-21-18-19-9-8-11(2)23(18)22-15/h8-10,12-14H,5-7H2,1-4H3,(H,20,24)/t10-,12+,13+,14+/m0/s1. The fourth-order valence-electron chi connectivity index (χ4n) is 3.35. The van der Waals surface area contributed by atoms with Gasteiger partial charge in [-0.05, 0) is 38.2 Å². The first-order valence-corrected chi connectivity index (χ1v) is 9.06. The van der Waals surface area contributed by atoms with E-state index in [1.54, 1.807) is 19.2 Å². The van der Waals surface area contributed by atoms with Crippen LogP contribution < -0.4 is 5.32 Å². The molecule has 0 bridgehead atoms. The summed E-state index contributed by atoms with van der Waals surface area (Å²) in [6.45, 7) is 7.75. The van der Waals surface area contributed by atoms with Crippen LogP contribution in [0.2, 0.25) is 0 Å². The third-order valence-electron chi connectivity index (χ3n) is 5.30. The highest BCUT2D eigenvalue weighted by Gasteiger charge is 2.30. The molecule has 2 aromatic rings. The average molecular weight is 359 g/mol. The molecule has 2 heterocycles. The maximum atomic E-state index is 12.4. The van der Waals surface area contributed by atoms with E-state index in [2.05, 4.69) is 34.2 Å². The number of ether oxygens (including phenoxy) is 1. The topological polar surface area (TPSA) is 98.5 Å². The monoisotopic (exact) mass is 359 g/mol. The number of nitrogens with one attached hydrogen (secondary N) is 1. The third-order valence-corrected chi connectivity index (χ3v) is 5.30. The van der Waals surface area contributed by atoms with Crippen LogP contribution in [0.5, 0.6) is 0 Å². The Kier molecular flexibility index (Phi) is 5.20. The summed E-state index contributed by atoms with van der Waals surface area (Å²) in [6.07, 6.45) is 3.92. The zero-order valence-electron chi connectivity index (χ0n) is 15.6. The van der Waals surface area contributed by atoms with Crippen molar-refractivity contribution in [3.05, 3.63) is 23.8 Å². The second-order valence-electron chi connectivity index (χ2n) is 7.16. The molecule has 8 nitrogen and oxygen atoms in total. The van der Waals surface area contributed by atoms with Gasteiger partial charge in [-0.2, -0.15) is 4.98 Å². The summed E-state index contributed by atoms with van der Waals surface area (Å²) in [6, 6.07) is 1.88. The minimum Gasteiger partial charge on any atom is -0.447 e. The predicted octanol–water partition coefficient (Wildman–Crippen LogP) is 1.92. The zero-order chi connectivity index (χ0) is 18.8. The van der Waals surface area contributed by atoms with Gasteiger partial charge in [0.2, 0.25) is 0 Å². The van der Waals surface area contributed by atoms with Crippen LogP contribution in [0.3, 0.4) is 0 Å². The fourth-order valence-corrected chi connectivity index (χ4v) is 3.35. The van der Waals surface area contributed by atoms with Gasteiger partial charge in [-0.15, -0.1) is 5.10 Å². The van der Waals surface area contributed by atoms with Gasteiger partial charge < -0.3 is 10.1 Å². The van der Waals surface area contributed by atoms with Crippen LogP contribution in [-0.4, -0.2) is 43.6 Å². The number of amides is 1. The van der Waals surface area contributed by atoms with Gasteiger partial charge in [-0.1, -0.05) is 26.7 Å². The Morgan fingerprint density at radius 3 is 2.85 bits per heavy atom. The molecule has 1 N–H and O–H groups in total. The Hall–Kier alpha value is -2.51. The summed E-state index contributed by atoms with van der Waals surface area (Å²) >= 11 is 0. The number of hydrogen-bond acceptors (Lipinski definition) is 6. The van der Waals surface area contributed by atoms with Crippen LogP contribution in [0.4, 0.5) is 0 Å². The minimum atomic E-state index is -0.910. The van der Waals surface area contributed by atoms with Gasteiger partial charge in [0.05, 0.1) is 0 Å². The molecular formula is C18H25N5O3. The molecular weight excluding hydrogens is 334 g/mol. The van der Waals surface area contributed by atoms with E-state index in [9.17, 15) is 9.59 Å². The molecule has 1 amide bonds. The number of aromatic nitrogens is 4. The van der Waals surface area contributed by atoms with Crippen LogP contribution in [0.15, 0.2) is 12.3 Å². The van der Waals surface area contributed by atoms with Crippen molar-refractivity contribution in [2.45, 2.75) is 59.1 Å². The van der Waals surface area contributed by atoms with Crippen molar-refractivity contribution in [3.8, 4) is 0 Å². The number of aryl methyl sites for hydroxylation is 1. The quantitative estimate of drug-likeness (QED) is 0.838. The van der Waals surface area contributed by atoms with Gasteiger partial charge in [0, 0.05) is 17.9 Å². The highest BCUT2D eigenvalue weighted by Crippen LogP contribution is 2.29. The van der Waals surface area contributed by atoms with Crippen LogP contribution in [0, 0.1) is 18.8 Å². The normalized spacial score (nSPS) is 24.2. The SMILES string of the molecule is Cc1ccnc2nc(C(=O)O[C@H](C)C(=O)N[C@@H]3CCC[C@H](C)[C@H]3C)nn12. The van der Waals surface area contributed by atoms with E-state index in [1.165, 1.54) is 10.9 Å². The molecule has 1 fully saturated rings. The molecule has 4 atom stereocenters. The molecule has 1 aliphatic rings. The van der Waals surface area contributed by atoms with Crippen LogP contribution in [0.25, 0.3) is 5.78 Å². The molecule has 1 aliphatic carbocycles. The second kappa shape index (κ2) is 7.39. The molecule has 2 aromatic heterocycles. The van der Waals surface area contributed by atoms with E-state index in [0.717, 1.165) is 18.5 Å². The highest BCUT2D eigenvalue weighted by atomic mass is 16.5. The highest BCUT2D eigenvalue weighted by molar-refractivity contribution is 5.89. The number of nitrogens with zero attached hydrogens (tertiary/aromatic N) is 4. The van der Waals surface area contributed by atoms with Gasteiger partial charge in [0.25, 0.3) is 17.5 Å². The first kappa shape index (κ1) is 18.3. The minimum absolute atomic E-state index is 0.105. The number of carbonyl (C=O) groups is 2. The Labute approximate surface area is 152 Å². The van der Waals surface area contributed by atoms with Gasteiger partial charge in [-0.3, -0.25) is 4.79 Å². The molecule has 140 valence electrons. The maximum Gasteiger partial charge on any atom is 0.379 e. The molecule has 26 heavy (non-hydrogen) atoms. The van der Waals surface area contributed by atoms with Crippen molar-refractivity contribution in [3.63, 3.8) is 0 Å². The van der Waals surface area contributed by atoms with Gasteiger partial charge in [0.15, 0.2) is 6.10 Å². The molecule has 0 radical (unpaired) electrons. The van der Waals surface area contributed by atoms with Crippen molar-refractivity contribution in [2.75, 3.05) is 0 Å². The average Bonchev–Trinajstić information content (AvgIpc) is 3.04. The zero-order valence-corrected chi connectivity index (χ0v) is 15.6. The predicted molar refractivity (Wildman–Crippen MR) is 94.5 cm³/mol. The number of carbonyl (C=O) groups excluding carboxylic acids is 2. The van der Waals surface area contributed by atoms with E-state index < -0.39 is 12.1 Å². The fraction of sp³-hybridized carbons (Fsp3) is 0.611. The molecule has 3 rings (SSSR count). The van der Waals surface area contributed by atoms with E-state index in [-0.39, 0.29) is 17.8 Å².